The largest absolute Gasteiger partial charge is 0.399 e. The van der Waals surface area contributed by atoms with E-state index in [1.807, 2.05) is 25.1 Å². The molecule has 1 amide bonds. The van der Waals surface area contributed by atoms with Crippen LogP contribution in [0.1, 0.15) is 17.3 Å². The van der Waals surface area contributed by atoms with Crippen molar-refractivity contribution in [3.05, 3.63) is 23.8 Å². The van der Waals surface area contributed by atoms with Crippen molar-refractivity contribution in [2.75, 3.05) is 38.3 Å². The summed E-state index contributed by atoms with van der Waals surface area (Å²) in [6.45, 7) is 2.19. The molecule has 0 aromatic heterocycles. The molecule has 1 aromatic rings. The molecule has 0 radical (unpaired) electrons. The zero-order chi connectivity index (χ0) is 14.6. The number of amides is 1. The van der Waals surface area contributed by atoms with Crippen LogP contribution in [-0.4, -0.2) is 38.5 Å². The highest BCUT2D eigenvalue weighted by molar-refractivity contribution is 6.00. The molecule has 0 heterocycles. The Kier molecular flexibility index (Phi) is 4.76. The van der Waals surface area contributed by atoms with E-state index in [2.05, 4.69) is 6.07 Å². The highest BCUT2D eigenvalue weighted by Crippen LogP contribution is 2.23. The van der Waals surface area contributed by atoms with Gasteiger partial charge in [-0.15, -0.1) is 0 Å². The van der Waals surface area contributed by atoms with Gasteiger partial charge in [0.15, 0.2) is 0 Å². The van der Waals surface area contributed by atoms with Crippen molar-refractivity contribution in [2.24, 2.45) is 5.92 Å². The fraction of sp³-hybridized carbons (Fsp3) is 0.429. The fourth-order valence-electron chi connectivity index (χ4n) is 1.86. The molecule has 0 aliphatic heterocycles. The zero-order valence-corrected chi connectivity index (χ0v) is 11.8. The van der Waals surface area contributed by atoms with Crippen LogP contribution in [0.2, 0.25) is 0 Å². The van der Waals surface area contributed by atoms with Crippen molar-refractivity contribution in [1.29, 1.82) is 5.26 Å². The Balaban J connectivity index is 3.05. The number of nitriles is 1. The minimum absolute atomic E-state index is 0.127. The number of hydrogen-bond acceptors (Lipinski definition) is 4. The van der Waals surface area contributed by atoms with E-state index in [0.717, 1.165) is 5.69 Å². The molecular weight excluding hydrogens is 240 g/mol. The van der Waals surface area contributed by atoms with Gasteiger partial charge in [-0.3, -0.25) is 4.79 Å². The predicted octanol–water partition coefficient (Wildman–Crippen LogP) is 1.57. The van der Waals surface area contributed by atoms with Gasteiger partial charge in [0, 0.05) is 39.1 Å². The molecule has 1 atom stereocenters. The van der Waals surface area contributed by atoms with Crippen LogP contribution in [0.5, 0.6) is 0 Å². The lowest BCUT2D eigenvalue weighted by Gasteiger charge is -2.23. The Morgan fingerprint density at radius 3 is 2.58 bits per heavy atom. The summed E-state index contributed by atoms with van der Waals surface area (Å²) >= 11 is 0. The van der Waals surface area contributed by atoms with Crippen LogP contribution in [0.3, 0.4) is 0 Å². The highest BCUT2D eigenvalue weighted by atomic mass is 16.2. The summed E-state index contributed by atoms with van der Waals surface area (Å²) in [6.07, 6.45) is 0. The van der Waals surface area contributed by atoms with Gasteiger partial charge in [-0.2, -0.15) is 5.26 Å². The van der Waals surface area contributed by atoms with Crippen molar-refractivity contribution in [3.63, 3.8) is 0 Å². The van der Waals surface area contributed by atoms with E-state index in [4.69, 9.17) is 11.0 Å². The van der Waals surface area contributed by atoms with Crippen molar-refractivity contribution < 1.29 is 4.79 Å². The van der Waals surface area contributed by atoms with Gasteiger partial charge < -0.3 is 15.5 Å². The van der Waals surface area contributed by atoms with Gasteiger partial charge in [-0.05, 0) is 25.1 Å². The molecule has 0 aliphatic rings. The molecule has 5 nitrogen and oxygen atoms in total. The number of nitrogen functional groups attached to an aromatic ring is 1. The van der Waals surface area contributed by atoms with Crippen LogP contribution >= 0.6 is 0 Å². The molecule has 19 heavy (non-hydrogen) atoms. The first-order valence-corrected chi connectivity index (χ1v) is 6.08. The van der Waals surface area contributed by atoms with Crippen molar-refractivity contribution in [1.82, 2.24) is 4.90 Å². The number of carbonyl (C=O) groups is 1. The van der Waals surface area contributed by atoms with Crippen LogP contribution in [0.25, 0.3) is 0 Å². The van der Waals surface area contributed by atoms with Crippen molar-refractivity contribution >= 4 is 17.3 Å². The van der Waals surface area contributed by atoms with Gasteiger partial charge in [0.1, 0.15) is 0 Å². The average Bonchev–Trinajstić information content (AvgIpc) is 2.36. The quantitative estimate of drug-likeness (QED) is 0.834. The molecular formula is C14H20N4O. The summed E-state index contributed by atoms with van der Waals surface area (Å²) < 4.78 is 0. The van der Waals surface area contributed by atoms with Gasteiger partial charge in [0.2, 0.25) is 0 Å². The number of rotatable bonds is 4. The average molecular weight is 260 g/mol. The van der Waals surface area contributed by atoms with E-state index in [9.17, 15) is 4.79 Å². The minimum Gasteiger partial charge on any atom is -0.399 e. The molecule has 0 aliphatic carbocycles. The highest BCUT2D eigenvalue weighted by Gasteiger charge is 2.18. The second kappa shape index (κ2) is 6.10. The third-order valence-electron chi connectivity index (χ3n) is 2.85. The lowest BCUT2D eigenvalue weighted by molar-refractivity contribution is 0.0786. The summed E-state index contributed by atoms with van der Waals surface area (Å²) in [7, 11) is 5.44. The summed E-state index contributed by atoms with van der Waals surface area (Å²) in [4.78, 5) is 15.8. The van der Waals surface area contributed by atoms with Crippen molar-refractivity contribution in [3.8, 4) is 6.07 Å². The standard InChI is InChI=1S/C14H20N4O/c1-10(8-15)9-18(4)14(19)12-7-11(16)5-6-13(12)17(2)3/h5-7,10H,9,16H2,1-4H3. The summed E-state index contributed by atoms with van der Waals surface area (Å²) in [5, 5.41) is 8.81. The lowest BCUT2D eigenvalue weighted by atomic mass is 10.1. The predicted molar refractivity (Wildman–Crippen MR) is 76.9 cm³/mol. The molecule has 0 saturated heterocycles. The van der Waals surface area contributed by atoms with Crippen LogP contribution in [0, 0.1) is 17.2 Å². The first kappa shape index (κ1) is 14.8. The number of benzene rings is 1. The Hall–Kier alpha value is -2.22. The maximum Gasteiger partial charge on any atom is 0.255 e. The van der Waals surface area contributed by atoms with Crippen LogP contribution in [0.15, 0.2) is 18.2 Å². The Morgan fingerprint density at radius 2 is 2.05 bits per heavy atom. The number of carbonyl (C=O) groups excluding carboxylic acids is 1. The van der Waals surface area contributed by atoms with Gasteiger partial charge in [-0.1, -0.05) is 0 Å². The molecule has 0 saturated carbocycles. The molecule has 0 spiro atoms. The Bertz CT molecular complexity index is 505. The second-order valence-electron chi connectivity index (χ2n) is 4.89. The smallest absolute Gasteiger partial charge is 0.255 e. The SMILES string of the molecule is CC(C#N)CN(C)C(=O)c1cc(N)ccc1N(C)C. The summed E-state index contributed by atoms with van der Waals surface area (Å²) in [5.41, 5.74) is 7.67. The summed E-state index contributed by atoms with van der Waals surface area (Å²) in [6, 6.07) is 7.39. The number of hydrogen-bond donors (Lipinski definition) is 1. The third kappa shape index (κ3) is 3.62. The Morgan fingerprint density at radius 1 is 1.42 bits per heavy atom. The maximum absolute atomic E-state index is 12.4. The fourth-order valence-corrected chi connectivity index (χ4v) is 1.86. The molecule has 5 heteroatoms. The van der Waals surface area contributed by atoms with Gasteiger partial charge in [-0.25, -0.2) is 0 Å². The van der Waals surface area contributed by atoms with E-state index in [0.29, 0.717) is 17.8 Å². The first-order valence-electron chi connectivity index (χ1n) is 6.08. The molecule has 0 bridgehead atoms. The van der Waals surface area contributed by atoms with Crippen LogP contribution < -0.4 is 10.6 Å². The third-order valence-corrected chi connectivity index (χ3v) is 2.85. The topological polar surface area (TPSA) is 73.4 Å². The summed E-state index contributed by atoms with van der Waals surface area (Å²) in [5.74, 6) is -0.323. The minimum atomic E-state index is -0.196. The zero-order valence-electron chi connectivity index (χ0n) is 11.8. The van der Waals surface area contributed by atoms with E-state index in [1.54, 1.807) is 31.0 Å². The molecule has 0 fully saturated rings. The number of anilines is 2. The second-order valence-corrected chi connectivity index (χ2v) is 4.89. The van der Waals surface area contributed by atoms with Crippen LogP contribution in [0.4, 0.5) is 11.4 Å². The van der Waals surface area contributed by atoms with E-state index in [-0.39, 0.29) is 11.8 Å². The van der Waals surface area contributed by atoms with E-state index < -0.39 is 0 Å². The molecule has 1 rings (SSSR count). The maximum atomic E-state index is 12.4. The lowest BCUT2D eigenvalue weighted by Crippen LogP contribution is -2.31. The van der Waals surface area contributed by atoms with E-state index in [1.165, 1.54) is 0 Å². The van der Waals surface area contributed by atoms with Gasteiger partial charge >= 0.3 is 0 Å². The molecule has 2 N–H and O–H groups in total. The van der Waals surface area contributed by atoms with Crippen molar-refractivity contribution in [2.45, 2.75) is 6.92 Å². The number of nitrogens with two attached hydrogens (primary N) is 1. The van der Waals surface area contributed by atoms with Gasteiger partial charge in [0.25, 0.3) is 5.91 Å². The van der Waals surface area contributed by atoms with Gasteiger partial charge in [0.05, 0.1) is 17.6 Å². The molecule has 102 valence electrons. The molecule has 1 unspecified atom stereocenters. The Labute approximate surface area is 114 Å². The monoisotopic (exact) mass is 260 g/mol. The first-order chi connectivity index (χ1) is 8.86. The van der Waals surface area contributed by atoms with Crippen LogP contribution in [-0.2, 0) is 0 Å². The number of nitrogens with zero attached hydrogens (tertiary/aromatic N) is 3. The van der Waals surface area contributed by atoms with E-state index >= 15 is 0 Å². The molecule has 1 aromatic carbocycles. The normalized spacial score (nSPS) is 11.5.